The van der Waals surface area contributed by atoms with Crippen LogP contribution >= 0.6 is 0 Å². The third-order valence-corrected chi connectivity index (χ3v) is 3.41. The van der Waals surface area contributed by atoms with Gasteiger partial charge in [0.15, 0.2) is 0 Å². The zero-order valence-electron chi connectivity index (χ0n) is 14.8. The van der Waals surface area contributed by atoms with Crippen molar-refractivity contribution in [1.29, 1.82) is 0 Å². The smallest absolute Gasteiger partial charge is 0.410 e. The Balaban J connectivity index is 2.74. The van der Waals surface area contributed by atoms with Crippen molar-refractivity contribution in [1.82, 2.24) is 9.80 Å². The van der Waals surface area contributed by atoms with Crippen molar-refractivity contribution in [3.05, 3.63) is 48.6 Å². The van der Waals surface area contributed by atoms with Crippen LogP contribution in [-0.4, -0.2) is 61.6 Å². The normalized spacial score (nSPS) is 11.2. The zero-order valence-corrected chi connectivity index (χ0v) is 14.8. The fraction of sp³-hybridized carbons (Fsp3) is 0.389. The fourth-order valence-corrected chi connectivity index (χ4v) is 2.00. The molecule has 2 amide bonds. The van der Waals surface area contributed by atoms with Gasteiger partial charge in [0.05, 0.1) is 6.42 Å². The predicted octanol–water partition coefficient (Wildman–Crippen LogP) is 1.83. The SMILES string of the molecule is C=CCOC(=O)CC(C(=O)N(C)C)N(C)C(=O)OCc1ccccc1. The Hall–Kier alpha value is -2.83. The second kappa shape index (κ2) is 10.1. The molecule has 7 nitrogen and oxygen atoms in total. The first kappa shape index (κ1) is 20.2. The lowest BCUT2D eigenvalue weighted by atomic mass is 10.1. The molecule has 0 N–H and O–H groups in total. The molecule has 0 aliphatic heterocycles. The van der Waals surface area contributed by atoms with Crippen molar-refractivity contribution in [2.75, 3.05) is 27.7 Å². The van der Waals surface area contributed by atoms with E-state index in [2.05, 4.69) is 6.58 Å². The molecule has 0 bridgehead atoms. The van der Waals surface area contributed by atoms with Crippen LogP contribution in [0.4, 0.5) is 4.79 Å². The summed E-state index contributed by atoms with van der Waals surface area (Å²) in [5.41, 5.74) is 0.824. The van der Waals surface area contributed by atoms with Crippen LogP contribution in [-0.2, 0) is 25.7 Å². The molecule has 7 heteroatoms. The zero-order chi connectivity index (χ0) is 18.8. The third-order valence-electron chi connectivity index (χ3n) is 3.41. The molecule has 0 heterocycles. The number of esters is 1. The Labute approximate surface area is 147 Å². The van der Waals surface area contributed by atoms with E-state index in [-0.39, 0.29) is 19.6 Å². The van der Waals surface area contributed by atoms with Crippen LogP contribution in [0, 0.1) is 0 Å². The first-order valence-electron chi connectivity index (χ1n) is 7.78. The van der Waals surface area contributed by atoms with E-state index >= 15 is 0 Å². The van der Waals surface area contributed by atoms with E-state index in [0.717, 1.165) is 10.5 Å². The van der Waals surface area contributed by atoms with Crippen molar-refractivity contribution in [2.24, 2.45) is 0 Å². The van der Waals surface area contributed by atoms with Gasteiger partial charge in [0, 0.05) is 21.1 Å². The Bertz CT molecular complexity index is 601. The summed E-state index contributed by atoms with van der Waals surface area (Å²) < 4.78 is 10.1. The molecule has 0 spiro atoms. The highest BCUT2D eigenvalue weighted by Gasteiger charge is 2.31. The molecule has 1 atom stereocenters. The van der Waals surface area contributed by atoms with Gasteiger partial charge in [-0.1, -0.05) is 43.0 Å². The summed E-state index contributed by atoms with van der Waals surface area (Å²) in [6.07, 6.45) is 0.473. The highest BCUT2D eigenvalue weighted by Crippen LogP contribution is 2.10. The van der Waals surface area contributed by atoms with Gasteiger partial charge in [0.25, 0.3) is 0 Å². The summed E-state index contributed by atoms with van der Waals surface area (Å²) in [4.78, 5) is 38.8. The van der Waals surface area contributed by atoms with E-state index in [1.807, 2.05) is 30.3 Å². The Morgan fingerprint density at radius 3 is 2.32 bits per heavy atom. The summed E-state index contributed by atoms with van der Waals surface area (Å²) in [5, 5.41) is 0. The highest BCUT2D eigenvalue weighted by atomic mass is 16.6. The number of ether oxygens (including phenoxy) is 2. The molecular formula is C18H24N2O5. The van der Waals surface area contributed by atoms with Crippen molar-refractivity contribution >= 4 is 18.0 Å². The summed E-state index contributed by atoms with van der Waals surface area (Å²) in [6, 6.07) is 8.17. The number of likely N-dealkylation sites (N-methyl/N-ethyl adjacent to an activating group) is 2. The number of benzene rings is 1. The minimum Gasteiger partial charge on any atom is -0.461 e. The summed E-state index contributed by atoms with van der Waals surface area (Å²) in [5.74, 6) is -0.988. The number of hydrogen-bond acceptors (Lipinski definition) is 5. The van der Waals surface area contributed by atoms with Crippen molar-refractivity contribution < 1.29 is 23.9 Å². The number of amides is 2. The summed E-state index contributed by atoms with van der Waals surface area (Å²) in [6.45, 7) is 3.58. The van der Waals surface area contributed by atoms with Gasteiger partial charge < -0.3 is 14.4 Å². The van der Waals surface area contributed by atoms with E-state index < -0.39 is 24.0 Å². The van der Waals surface area contributed by atoms with Gasteiger partial charge in [0.2, 0.25) is 5.91 Å². The van der Waals surface area contributed by atoms with E-state index in [1.165, 1.54) is 18.0 Å². The molecule has 1 rings (SSSR count). The Morgan fingerprint density at radius 2 is 1.76 bits per heavy atom. The molecule has 25 heavy (non-hydrogen) atoms. The maximum absolute atomic E-state index is 12.3. The fourth-order valence-electron chi connectivity index (χ4n) is 2.00. The van der Waals surface area contributed by atoms with E-state index in [9.17, 15) is 14.4 Å². The van der Waals surface area contributed by atoms with Gasteiger partial charge >= 0.3 is 12.1 Å². The molecular weight excluding hydrogens is 324 g/mol. The standard InChI is InChI=1S/C18H24N2O5/c1-5-11-24-16(21)12-15(17(22)19(2)3)20(4)18(23)25-13-14-9-7-6-8-10-14/h5-10,15H,1,11-13H2,2-4H3. The highest BCUT2D eigenvalue weighted by molar-refractivity contribution is 5.89. The summed E-state index contributed by atoms with van der Waals surface area (Å²) in [7, 11) is 4.52. The molecule has 0 aliphatic carbocycles. The second-order valence-electron chi connectivity index (χ2n) is 5.58. The molecule has 1 unspecified atom stereocenters. The monoisotopic (exact) mass is 348 g/mol. The van der Waals surface area contributed by atoms with Crippen molar-refractivity contribution in [3.63, 3.8) is 0 Å². The third kappa shape index (κ3) is 6.66. The van der Waals surface area contributed by atoms with Crippen LogP contribution in [0.5, 0.6) is 0 Å². The summed E-state index contributed by atoms with van der Waals surface area (Å²) >= 11 is 0. The lowest BCUT2D eigenvalue weighted by Crippen LogP contribution is -2.48. The van der Waals surface area contributed by atoms with E-state index in [1.54, 1.807) is 14.1 Å². The number of hydrogen-bond donors (Lipinski definition) is 0. The topological polar surface area (TPSA) is 76.2 Å². The van der Waals surface area contributed by atoms with Crippen LogP contribution in [0.15, 0.2) is 43.0 Å². The van der Waals surface area contributed by atoms with Crippen molar-refractivity contribution in [3.8, 4) is 0 Å². The number of nitrogens with zero attached hydrogens (tertiary/aromatic N) is 2. The quantitative estimate of drug-likeness (QED) is 0.529. The van der Waals surface area contributed by atoms with Crippen LogP contribution < -0.4 is 0 Å². The predicted molar refractivity (Wildman–Crippen MR) is 92.6 cm³/mol. The van der Waals surface area contributed by atoms with Crippen LogP contribution in [0.25, 0.3) is 0 Å². The lowest BCUT2D eigenvalue weighted by Gasteiger charge is -2.28. The van der Waals surface area contributed by atoms with E-state index in [4.69, 9.17) is 9.47 Å². The van der Waals surface area contributed by atoms with Crippen LogP contribution in [0.2, 0.25) is 0 Å². The minimum atomic E-state index is -1.00. The molecule has 1 aromatic rings. The molecule has 1 aromatic carbocycles. The van der Waals surface area contributed by atoms with Crippen LogP contribution in [0.1, 0.15) is 12.0 Å². The molecule has 0 fully saturated rings. The van der Waals surface area contributed by atoms with Gasteiger partial charge in [-0.05, 0) is 5.56 Å². The molecule has 0 radical (unpaired) electrons. The van der Waals surface area contributed by atoms with Gasteiger partial charge in [-0.2, -0.15) is 0 Å². The second-order valence-corrected chi connectivity index (χ2v) is 5.58. The van der Waals surface area contributed by atoms with Gasteiger partial charge in [-0.3, -0.25) is 14.5 Å². The Morgan fingerprint density at radius 1 is 1.12 bits per heavy atom. The maximum Gasteiger partial charge on any atom is 0.410 e. The average molecular weight is 348 g/mol. The number of carbonyl (C=O) groups is 3. The van der Waals surface area contributed by atoms with Gasteiger partial charge in [-0.25, -0.2) is 4.79 Å². The molecule has 0 saturated heterocycles. The van der Waals surface area contributed by atoms with Gasteiger partial charge in [-0.15, -0.1) is 0 Å². The Kier molecular flexibility index (Phi) is 8.18. The molecule has 0 aliphatic rings. The van der Waals surface area contributed by atoms with Crippen LogP contribution in [0.3, 0.4) is 0 Å². The van der Waals surface area contributed by atoms with Crippen molar-refractivity contribution in [2.45, 2.75) is 19.1 Å². The first-order valence-corrected chi connectivity index (χ1v) is 7.78. The molecule has 0 saturated carbocycles. The molecule has 136 valence electrons. The molecule has 0 aromatic heterocycles. The lowest BCUT2D eigenvalue weighted by molar-refractivity contribution is -0.147. The van der Waals surface area contributed by atoms with E-state index in [0.29, 0.717) is 0 Å². The average Bonchev–Trinajstić information content (AvgIpc) is 2.62. The maximum atomic E-state index is 12.3. The first-order chi connectivity index (χ1) is 11.9. The van der Waals surface area contributed by atoms with Gasteiger partial charge in [0.1, 0.15) is 19.3 Å². The minimum absolute atomic E-state index is 0.0455. The number of carbonyl (C=O) groups excluding carboxylic acids is 3. The number of rotatable bonds is 8. The largest absolute Gasteiger partial charge is 0.461 e.